The molecule has 1 fully saturated rings. The van der Waals surface area contributed by atoms with Gasteiger partial charge in [-0.15, -0.1) is 11.3 Å². The van der Waals surface area contributed by atoms with Crippen LogP contribution in [0.5, 0.6) is 0 Å². The number of hydrogen-bond acceptors (Lipinski definition) is 6. The summed E-state index contributed by atoms with van der Waals surface area (Å²) in [7, 11) is 1.00. The molecule has 7 nitrogen and oxygen atoms in total. The first-order chi connectivity index (χ1) is 16.1. The molecular weight excluding hydrogens is 360 g/mol. The van der Waals surface area contributed by atoms with Crippen molar-refractivity contribution in [3.63, 3.8) is 0 Å². The van der Waals surface area contributed by atoms with Gasteiger partial charge in [-0.25, -0.2) is 4.98 Å². The number of nitrogens with zero attached hydrogens (tertiary/aromatic N) is 3. The van der Waals surface area contributed by atoms with Gasteiger partial charge in [-0.3, -0.25) is 4.79 Å². The molecule has 4 aromatic rings. The summed E-state index contributed by atoms with van der Waals surface area (Å²) >= 11 is 1.33. The van der Waals surface area contributed by atoms with Gasteiger partial charge in [0.1, 0.15) is 16.2 Å². The predicted molar refractivity (Wildman–Crippen MR) is 112 cm³/mol. The van der Waals surface area contributed by atoms with Crippen molar-refractivity contribution < 1.29 is 11.0 Å². The lowest BCUT2D eigenvalue weighted by Gasteiger charge is -2.34. The Morgan fingerprint density at radius 3 is 2.85 bits per heavy atom. The van der Waals surface area contributed by atoms with E-state index in [-0.39, 0.29) is 22.8 Å². The molecule has 27 heavy (non-hydrogen) atoms. The number of aromatic amines is 2. The number of nitrogen functional groups attached to an aromatic ring is 1. The number of nitrogens with two attached hydrogens (primary N) is 1. The van der Waals surface area contributed by atoms with Crippen molar-refractivity contribution in [2.24, 2.45) is 0 Å². The smallest absolute Gasteiger partial charge is 0.262 e. The first kappa shape index (κ1) is 9.91. The van der Waals surface area contributed by atoms with Crippen molar-refractivity contribution in [1.29, 1.82) is 0 Å². The maximum atomic E-state index is 12.7. The summed E-state index contributed by atoms with van der Waals surface area (Å²) in [5.74, 6) is 0.152. The second-order valence-electron chi connectivity index (χ2n) is 6.03. The molecule has 0 atom stereocenters. The number of thiophene rings is 1. The molecule has 1 aliphatic rings. The van der Waals surface area contributed by atoms with E-state index in [1.807, 2.05) is 0 Å². The van der Waals surface area contributed by atoms with Gasteiger partial charge in [-0.1, -0.05) is 0 Å². The number of hydrogen-bond donors (Lipinski definition) is 3. The number of aromatic nitrogens is 3. The van der Waals surface area contributed by atoms with Gasteiger partial charge < -0.3 is 25.5 Å². The maximum Gasteiger partial charge on any atom is 0.262 e. The topological polar surface area (TPSA) is 94.0 Å². The van der Waals surface area contributed by atoms with Crippen LogP contribution in [0.1, 0.15) is 11.0 Å². The van der Waals surface area contributed by atoms with E-state index in [1.54, 1.807) is 11.4 Å². The molecule has 4 N–H and O–H groups in total. The van der Waals surface area contributed by atoms with E-state index >= 15 is 0 Å². The van der Waals surface area contributed by atoms with E-state index in [0.29, 0.717) is 31.0 Å². The summed E-state index contributed by atoms with van der Waals surface area (Å²) in [5.41, 5.74) is 6.69. The number of anilines is 2. The molecule has 1 aliphatic heterocycles. The summed E-state index contributed by atoms with van der Waals surface area (Å²) in [6, 6.07) is 5.89. The van der Waals surface area contributed by atoms with Crippen LogP contribution in [0.2, 0.25) is 0 Å². The molecule has 0 saturated carbocycles. The predicted octanol–water partition coefficient (Wildman–Crippen LogP) is 2.47. The Kier molecular flexibility index (Phi) is 2.24. The summed E-state index contributed by atoms with van der Waals surface area (Å²) in [4.78, 5) is 24.3. The van der Waals surface area contributed by atoms with Crippen LogP contribution in [0.15, 0.2) is 34.4 Å². The molecule has 0 aliphatic carbocycles. The van der Waals surface area contributed by atoms with Crippen LogP contribution in [0, 0.1) is 0 Å². The number of piperazine rings is 1. The molecule has 1 aromatic carbocycles. The Hall–Kier alpha value is -2.84. The summed E-state index contributed by atoms with van der Waals surface area (Å²) in [6.07, 6.45) is 0. The number of nitrogens with one attached hydrogen (secondary N) is 2. The molecule has 0 radical (unpaired) electrons. The molecule has 0 unspecified atom stereocenters. The highest BCUT2D eigenvalue weighted by molar-refractivity contribution is 7.16. The van der Waals surface area contributed by atoms with E-state index < -0.39 is 31.5 Å². The lowest BCUT2D eigenvalue weighted by atomic mass is 10.2. The molecular formula is C19H20N6OS. The van der Waals surface area contributed by atoms with Crippen molar-refractivity contribution in [3.8, 4) is 11.4 Å². The highest BCUT2D eigenvalue weighted by Crippen LogP contribution is 2.31. The minimum absolute atomic E-state index is 0.112. The number of pyridine rings is 1. The third kappa shape index (κ3) is 2.68. The fourth-order valence-electron chi connectivity index (χ4n) is 2.97. The fourth-order valence-corrected chi connectivity index (χ4v) is 3.76. The second-order valence-corrected chi connectivity index (χ2v) is 6.95. The van der Waals surface area contributed by atoms with Gasteiger partial charge in [0.2, 0.25) is 0 Å². The Labute approximate surface area is 170 Å². The first-order valence-corrected chi connectivity index (χ1v) is 8.93. The zero-order chi connectivity index (χ0) is 25.7. The Bertz CT molecular complexity index is 1520. The quantitative estimate of drug-likeness (QED) is 0.490. The zero-order valence-electron chi connectivity index (χ0n) is 22.1. The highest BCUT2D eigenvalue weighted by Gasteiger charge is 2.18. The van der Waals surface area contributed by atoms with Gasteiger partial charge in [0.15, 0.2) is 0 Å². The monoisotopic (exact) mass is 388 g/mol. The van der Waals surface area contributed by atoms with Gasteiger partial charge in [-0.2, -0.15) is 0 Å². The minimum Gasteiger partial charge on any atom is -0.397 e. The third-order valence-electron chi connectivity index (χ3n) is 4.30. The average molecular weight is 389 g/mol. The Morgan fingerprint density at radius 1 is 1.22 bits per heavy atom. The normalized spacial score (nSPS) is 27.7. The van der Waals surface area contributed by atoms with E-state index in [9.17, 15) is 4.79 Å². The van der Waals surface area contributed by atoms with E-state index in [0.717, 1.165) is 7.05 Å². The van der Waals surface area contributed by atoms with Crippen LogP contribution >= 0.6 is 11.3 Å². The fraction of sp³-hybridized carbons (Fsp3) is 0.263. The number of likely N-dealkylation sites (N-methyl/N-ethyl adjacent to an activating group) is 1. The van der Waals surface area contributed by atoms with E-state index in [2.05, 4.69) is 15.0 Å². The van der Waals surface area contributed by atoms with Crippen LogP contribution < -0.4 is 16.2 Å². The van der Waals surface area contributed by atoms with E-state index in [4.69, 9.17) is 16.7 Å². The second kappa shape index (κ2) is 6.11. The van der Waals surface area contributed by atoms with Crippen LogP contribution in [0.3, 0.4) is 0 Å². The standard InChI is InChI=1S/C19H20N6OS/c1-24-5-7-25(8-6-24)11-2-3-13-14(10-11)22-17(21-13)15-16(20)12-4-9-27-19(12)23-18(15)26/h2-4,9-10H,5-8H2,1H3,(H,21,22)(H3,20,23,26)/i5D2,6D2,7D2,8D2. The molecule has 5 rings (SSSR count). The number of fused-ring (bicyclic) bond motifs is 2. The summed E-state index contributed by atoms with van der Waals surface area (Å²) < 4.78 is 66.6. The largest absolute Gasteiger partial charge is 0.397 e. The molecule has 0 amide bonds. The lowest BCUT2D eigenvalue weighted by Crippen LogP contribution is -2.44. The molecule has 1 saturated heterocycles. The molecule has 0 spiro atoms. The van der Waals surface area contributed by atoms with Gasteiger partial charge in [0, 0.05) is 42.5 Å². The lowest BCUT2D eigenvalue weighted by molar-refractivity contribution is 0.313. The van der Waals surface area contributed by atoms with E-state index in [1.165, 1.54) is 29.5 Å². The van der Waals surface area contributed by atoms with Gasteiger partial charge >= 0.3 is 0 Å². The number of imidazole rings is 1. The molecule has 0 bridgehead atoms. The van der Waals surface area contributed by atoms with Crippen molar-refractivity contribution in [1.82, 2.24) is 19.9 Å². The molecule has 4 heterocycles. The zero-order valence-corrected chi connectivity index (χ0v) is 14.9. The highest BCUT2D eigenvalue weighted by atomic mass is 32.1. The first-order valence-electron chi connectivity index (χ1n) is 12.1. The summed E-state index contributed by atoms with van der Waals surface area (Å²) in [6.45, 7) is -11.7. The van der Waals surface area contributed by atoms with Crippen LogP contribution in [0.25, 0.3) is 32.6 Å². The molecule has 3 aromatic heterocycles. The average Bonchev–Trinajstić information content (AvgIpc) is 3.38. The Morgan fingerprint density at radius 2 is 2.04 bits per heavy atom. The van der Waals surface area contributed by atoms with Gasteiger partial charge in [-0.05, 0) is 36.7 Å². The summed E-state index contributed by atoms with van der Waals surface area (Å²) in [5, 5.41) is 2.45. The number of rotatable bonds is 2. The van der Waals surface area contributed by atoms with Crippen molar-refractivity contribution >= 4 is 44.0 Å². The Balaban J connectivity index is 1.68. The van der Waals surface area contributed by atoms with Crippen LogP contribution in [0.4, 0.5) is 11.4 Å². The SMILES string of the molecule is [2H]C1([2H])N(C)C([2H])([2H])C([2H])([2H])N(c2ccc3nc(-c4c(N)c5ccsc5[nH]c4=O)[nH]c3c2)C1([2H])[2H]. The number of H-pyrrole nitrogens is 2. The van der Waals surface area contributed by atoms with Crippen LogP contribution in [-0.4, -0.2) is 52.9 Å². The maximum absolute atomic E-state index is 12.7. The van der Waals surface area contributed by atoms with Crippen molar-refractivity contribution in [2.45, 2.75) is 0 Å². The van der Waals surface area contributed by atoms with Crippen LogP contribution in [-0.2, 0) is 0 Å². The van der Waals surface area contributed by atoms with Gasteiger partial charge in [0.25, 0.3) is 5.56 Å². The molecule has 8 heteroatoms. The molecule has 138 valence electrons. The van der Waals surface area contributed by atoms with Crippen molar-refractivity contribution in [3.05, 3.63) is 40.0 Å². The third-order valence-corrected chi connectivity index (χ3v) is 5.13. The number of benzene rings is 1. The van der Waals surface area contributed by atoms with Crippen molar-refractivity contribution in [2.75, 3.05) is 43.7 Å². The minimum atomic E-state index is -2.96. The van der Waals surface area contributed by atoms with Gasteiger partial charge in [0.05, 0.1) is 22.2 Å².